The number of nitrogens with one attached hydrogen (secondary N) is 2. The number of hydrogen-bond donors (Lipinski definition) is 3. The van der Waals surface area contributed by atoms with Crippen molar-refractivity contribution in [3.8, 4) is 32.8 Å². The average molecular weight is 472 g/mol. The third-order valence-electron chi connectivity index (χ3n) is 5.78. The smallest absolute Gasteiger partial charge is 0.308 e. The first-order chi connectivity index (χ1) is 16.5. The van der Waals surface area contributed by atoms with Gasteiger partial charge in [0, 0.05) is 34.8 Å². The first kappa shape index (κ1) is 21.9. The van der Waals surface area contributed by atoms with Crippen LogP contribution in [-0.2, 0) is 4.79 Å². The van der Waals surface area contributed by atoms with E-state index >= 15 is 0 Å². The second-order valence-corrected chi connectivity index (χ2v) is 9.14. The number of carboxylic acid groups (broad SMARTS) is 1. The van der Waals surface area contributed by atoms with E-state index in [1.54, 1.807) is 19.1 Å². The lowest BCUT2D eigenvalue weighted by Gasteiger charge is -2.07. The van der Waals surface area contributed by atoms with E-state index in [0.717, 1.165) is 43.7 Å². The number of carbonyl (C=O) groups is 1. The normalized spacial score (nSPS) is 12.1. The van der Waals surface area contributed by atoms with Crippen molar-refractivity contribution in [2.75, 3.05) is 11.9 Å². The van der Waals surface area contributed by atoms with Gasteiger partial charge in [0.2, 0.25) is 0 Å². The number of anilines is 1. The predicted octanol–water partition coefficient (Wildman–Crippen LogP) is 6.90. The van der Waals surface area contributed by atoms with Crippen molar-refractivity contribution in [3.63, 3.8) is 0 Å². The summed E-state index contributed by atoms with van der Waals surface area (Å²) in [7, 11) is 0. The SMILES string of the molecule is CC(CNc1nc(-c2ccc(-c3ccc(F)cc3)cc2)c(-c2cccc3[nH]ccc23)s1)C(=O)O. The molecule has 2 aromatic heterocycles. The molecular weight excluding hydrogens is 449 g/mol. The fourth-order valence-electron chi connectivity index (χ4n) is 3.85. The van der Waals surface area contributed by atoms with E-state index in [4.69, 9.17) is 4.98 Å². The molecule has 0 saturated carbocycles. The van der Waals surface area contributed by atoms with Gasteiger partial charge in [-0.2, -0.15) is 0 Å². The Morgan fingerprint density at radius 1 is 1.03 bits per heavy atom. The Hall–Kier alpha value is -3.97. The van der Waals surface area contributed by atoms with Crippen molar-refractivity contribution in [1.82, 2.24) is 9.97 Å². The van der Waals surface area contributed by atoms with E-state index in [1.165, 1.54) is 23.5 Å². The van der Waals surface area contributed by atoms with Crippen LogP contribution in [0.1, 0.15) is 6.92 Å². The maximum Gasteiger partial charge on any atom is 0.308 e. The highest BCUT2D eigenvalue weighted by atomic mass is 32.1. The van der Waals surface area contributed by atoms with Crippen molar-refractivity contribution in [2.45, 2.75) is 6.92 Å². The van der Waals surface area contributed by atoms with Crippen molar-refractivity contribution < 1.29 is 14.3 Å². The topological polar surface area (TPSA) is 78.0 Å². The molecular formula is C27H22FN3O2S. The second kappa shape index (κ2) is 9.11. The van der Waals surface area contributed by atoms with Gasteiger partial charge in [-0.15, -0.1) is 0 Å². The van der Waals surface area contributed by atoms with E-state index < -0.39 is 11.9 Å². The minimum atomic E-state index is -0.849. The summed E-state index contributed by atoms with van der Waals surface area (Å²) in [6, 6.07) is 22.6. The van der Waals surface area contributed by atoms with E-state index in [2.05, 4.69) is 16.4 Å². The van der Waals surface area contributed by atoms with E-state index in [1.807, 2.05) is 48.7 Å². The van der Waals surface area contributed by atoms with Gasteiger partial charge in [0.25, 0.3) is 0 Å². The van der Waals surface area contributed by atoms with Crippen LogP contribution in [0, 0.1) is 11.7 Å². The van der Waals surface area contributed by atoms with Crippen molar-refractivity contribution in [1.29, 1.82) is 0 Å². The maximum atomic E-state index is 13.3. The van der Waals surface area contributed by atoms with Crippen molar-refractivity contribution in [3.05, 3.63) is 84.8 Å². The number of hydrogen-bond acceptors (Lipinski definition) is 4. The number of aliphatic carboxylic acids is 1. The van der Waals surface area contributed by atoms with Crippen molar-refractivity contribution in [2.24, 2.45) is 5.92 Å². The molecule has 0 aliphatic heterocycles. The molecule has 0 aliphatic carbocycles. The minimum absolute atomic E-state index is 0.260. The first-order valence-corrected chi connectivity index (χ1v) is 11.7. The third-order valence-corrected chi connectivity index (χ3v) is 6.83. The van der Waals surface area contributed by atoms with Gasteiger partial charge >= 0.3 is 5.97 Å². The van der Waals surface area contributed by atoms with Crippen LogP contribution in [0.5, 0.6) is 0 Å². The number of benzene rings is 3. The van der Waals surface area contributed by atoms with Gasteiger partial charge in [-0.3, -0.25) is 4.79 Å². The second-order valence-electron chi connectivity index (χ2n) is 8.15. The number of rotatable bonds is 7. The Bertz CT molecular complexity index is 1460. The van der Waals surface area contributed by atoms with E-state index in [-0.39, 0.29) is 5.82 Å². The molecule has 0 aliphatic rings. The fourth-order valence-corrected chi connectivity index (χ4v) is 4.88. The maximum absolute atomic E-state index is 13.3. The molecule has 170 valence electrons. The third kappa shape index (κ3) is 4.30. The summed E-state index contributed by atoms with van der Waals surface area (Å²) >= 11 is 1.51. The quantitative estimate of drug-likeness (QED) is 0.241. The number of aromatic amines is 1. The fraction of sp³-hybridized carbons (Fsp3) is 0.111. The summed E-state index contributed by atoms with van der Waals surface area (Å²) in [5.74, 6) is -1.64. The summed E-state index contributed by atoms with van der Waals surface area (Å²) in [6.45, 7) is 1.96. The van der Waals surface area contributed by atoms with Gasteiger partial charge in [0.15, 0.2) is 5.13 Å². The highest BCUT2D eigenvalue weighted by Crippen LogP contribution is 2.42. The molecule has 3 aromatic carbocycles. The van der Waals surface area contributed by atoms with E-state index in [0.29, 0.717) is 11.7 Å². The van der Waals surface area contributed by atoms with Gasteiger partial charge < -0.3 is 15.4 Å². The lowest BCUT2D eigenvalue weighted by atomic mass is 10.0. The number of thiazole rings is 1. The monoisotopic (exact) mass is 471 g/mol. The first-order valence-electron chi connectivity index (χ1n) is 10.9. The molecule has 7 heteroatoms. The number of fused-ring (bicyclic) bond motifs is 1. The van der Waals surface area contributed by atoms with Crippen LogP contribution in [0.4, 0.5) is 9.52 Å². The Morgan fingerprint density at radius 3 is 2.41 bits per heavy atom. The molecule has 0 radical (unpaired) electrons. The average Bonchev–Trinajstić information content (AvgIpc) is 3.50. The number of halogens is 1. The van der Waals surface area contributed by atoms with E-state index in [9.17, 15) is 14.3 Å². The molecule has 5 rings (SSSR count). The molecule has 3 N–H and O–H groups in total. The zero-order valence-corrected chi connectivity index (χ0v) is 19.2. The lowest BCUT2D eigenvalue weighted by molar-refractivity contribution is -0.140. The lowest BCUT2D eigenvalue weighted by Crippen LogP contribution is -2.19. The van der Waals surface area contributed by atoms with Gasteiger partial charge in [0.05, 0.1) is 16.5 Å². The van der Waals surface area contributed by atoms with Crippen LogP contribution >= 0.6 is 11.3 Å². The number of carboxylic acids is 1. The molecule has 2 heterocycles. The summed E-state index contributed by atoms with van der Waals surface area (Å²) < 4.78 is 13.3. The van der Waals surface area contributed by atoms with Gasteiger partial charge in [-0.1, -0.05) is 66.8 Å². The van der Waals surface area contributed by atoms with Crippen LogP contribution in [0.3, 0.4) is 0 Å². The van der Waals surface area contributed by atoms with Crippen molar-refractivity contribution >= 4 is 33.3 Å². The Morgan fingerprint density at radius 2 is 1.71 bits per heavy atom. The molecule has 0 bridgehead atoms. The Labute approximate surface area is 199 Å². The largest absolute Gasteiger partial charge is 0.481 e. The zero-order valence-electron chi connectivity index (χ0n) is 18.4. The minimum Gasteiger partial charge on any atom is -0.481 e. The zero-order chi connectivity index (χ0) is 23.7. The highest BCUT2D eigenvalue weighted by molar-refractivity contribution is 7.19. The summed E-state index contributed by atoms with van der Waals surface area (Å²) in [5, 5.41) is 14.2. The van der Waals surface area contributed by atoms with Crippen LogP contribution in [0.25, 0.3) is 43.7 Å². The van der Waals surface area contributed by atoms with Gasteiger partial charge in [-0.25, -0.2) is 9.37 Å². The molecule has 1 atom stereocenters. The summed E-state index contributed by atoms with van der Waals surface area (Å²) in [6.07, 6.45) is 1.92. The van der Waals surface area contributed by atoms with Crippen LogP contribution in [0.15, 0.2) is 79.0 Å². The molecule has 0 saturated heterocycles. The standard InChI is InChI=1S/C27H22FN3O2S/c1-16(26(32)33)15-30-27-31-24(25(34-27)22-3-2-4-23-21(22)13-14-29-23)19-7-5-17(6-8-19)18-9-11-20(28)12-10-18/h2-14,16,29H,15H2,1H3,(H,30,31)(H,32,33). The molecule has 5 aromatic rings. The predicted molar refractivity (Wildman–Crippen MR) is 136 cm³/mol. The summed E-state index contributed by atoms with van der Waals surface area (Å²) in [4.78, 5) is 20.3. The van der Waals surface area contributed by atoms with Gasteiger partial charge in [-0.05, 0) is 35.4 Å². The molecule has 5 nitrogen and oxygen atoms in total. The Kier molecular flexibility index (Phi) is 5.86. The number of H-pyrrole nitrogens is 1. The number of aromatic nitrogens is 2. The summed E-state index contributed by atoms with van der Waals surface area (Å²) in [5.41, 5.74) is 5.81. The molecule has 0 fully saturated rings. The van der Waals surface area contributed by atoms with Gasteiger partial charge in [0.1, 0.15) is 5.82 Å². The Balaban J connectivity index is 1.55. The van der Waals surface area contributed by atoms with Crippen LogP contribution in [-0.4, -0.2) is 27.6 Å². The molecule has 0 spiro atoms. The highest BCUT2D eigenvalue weighted by Gasteiger charge is 2.19. The van der Waals surface area contributed by atoms with Crippen LogP contribution in [0.2, 0.25) is 0 Å². The number of nitrogens with zero attached hydrogens (tertiary/aromatic N) is 1. The molecule has 1 unspecified atom stereocenters. The van der Waals surface area contributed by atoms with Crippen LogP contribution < -0.4 is 5.32 Å². The molecule has 0 amide bonds. The molecule has 34 heavy (non-hydrogen) atoms.